The standard InChI is InChI=1S/C26H31N5O2/c1-4-28-25(33)26(16-19-6-5-7-21(14-19)20-8-11-27-12-9-20)10-13-31(17-26)24(32)23-15-22(18(2)3)29-30-23/h5-9,11-12,14-15,18H,4,10,13,16-17H2,1-3H3,(H,28,33)(H,29,30)/t26-/m0/s1. The summed E-state index contributed by atoms with van der Waals surface area (Å²) in [6.45, 7) is 7.49. The van der Waals surface area contributed by atoms with Gasteiger partial charge in [-0.3, -0.25) is 19.7 Å². The Hall–Kier alpha value is -3.48. The number of nitrogens with zero attached hydrogens (tertiary/aromatic N) is 3. The molecule has 0 aliphatic carbocycles. The zero-order chi connectivity index (χ0) is 23.4. The van der Waals surface area contributed by atoms with Crippen LogP contribution in [0.2, 0.25) is 0 Å². The number of hydrogen-bond donors (Lipinski definition) is 2. The Balaban J connectivity index is 1.58. The van der Waals surface area contributed by atoms with Crippen molar-refractivity contribution in [3.05, 3.63) is 71.8 Å². The topological polar surface area (TPSA) is 91.0 Å². The van der Waals surface area contributed by atoms with E-state index in [1.54, 1.807) is 17.3 Å². The van der Waals surface area contributed by atoms with Gasteiger partial charge in [0.05, 0.1) is 5.41 Å². The van der Waals surface area contributed by atoms with Crippen LogP contribution in [0.4, 0.5) is 0 Å². The van der Waals surface area contributed by atoms with Gasteiger partial charge in [-0.1, -0.05) is 38.1 Å². The number of aromatic amines is 1. The van der Waals surface area contributed by atoms with E-state index in [1.165, 1.54) is 0 Å². The molecule has 2 N–H and O–H groups in total. The Labute approximate surface area is 194 Å². The molecule has 33 heavy (non-hydrogen) atoms. The van der Waals surface area contributed by atoms with Gasteiger partial charge in [0.25, 0.3) is 5.91 Å². The number of hydrogen-bond acceptors (Lipinski definition) is 4. The van der Waals surface area contributed by atoms with Crippen molar-refractivity contribution >= 4 is 11.8 Å². The van der Waals surface area contributed by atoms with Gasteiger partial charge in [-0.2, -0.15) is 5.10 Å². The van der Waals surface area contributed by atoms with Crippen molar-refractivity contribution < 1.29 is 9.59 Å². The third kappa shape index (κ3) is 4.82. The molecule has 1 saturated heterocycles. The van der Waals surface area contributed by atoms with E-state index >= 15 is 0 Å². The lowest BCUT2D eigenvalue weighted by Crippen LogP contribution is -2.45. The fourth-order valence-corrected chi connectivity index (χ4v) is 4.50. The van der Waals surface area contributed by atoms with E-state index < -0.39 is 5.41 Å². The minimum Gasteiger partial charge on any atom is -0.356 e. The number of benzene rings is 1. The second-order valence-corrected chi connectivity index (χ2v) is 9.09. The van der Waals surface area contributed by atoms with Crippen LogP contribution in [0.3, 0.4) is 0 Å². The Morgan fingerprint density at radius 1 is 1.15 bits per heavy atom. The highest BCUT2D eigenvalue weighted by Crippen LogP contribution is 2.36. The molecular formula is C26H31N5O2. The zero-order valence-electron chi connectivity index (χ0n) is 19.5. The van der Waals surface area contributed by atoms with E-state index in [1.807, 2.05) is 31.2 Å². The van der Waals surface area contributed by atoms with Crippen LogP contribution >= 0.6 is 0 Å². The van der Waals surface area contributed by atoms with Gasteiger partial charge in [-0.25, -0.2) is 0 Å². The zero-order valence-corrected chi connectivity index (χ0v) is 19.5. The molecule has 7 heteroatoms. The van der Waals surface area contributed by atoms with Crippen molar-refractivity contribution in [2.45, 2.75) is 39.5 Å². The summed E-state index contributed by atoms with van der Waals surface area (Å²) in [6, 6.07) is 14.0. The van der Waals surface area contributed by atoms with Crippen LogP contribution in [0.25, 0.3) is 11.1 Å². The lowest BCUT2D eigenvalue weighted by molar-refractivity contribution is -0.130. The summed E-state index contributed by atoms with van der Waals surface area (Å²) in [5.74, 6) is 0.133. The van der Waals surface area contributed by atoms with Crippen molar-refractivity contribution in [3.63, 3.8) is 0 Å². The van der Waals surface area contributed by atoms with Crippen LogP contribution in [0.1, 0.15) is 54.9 Å². The Morgan fingerprint density at radius 2 is 1.94 bits per heavy atom. The highest BCUT2D eigenvalue weighted by molar-refractivity contribution is 5.94. The highest BCUT2D eigenvalue weighted by atomic mass is 16.2. The summed E-state index contributed by atoms with van der Waals surface area (Å²) in [6.07, 6.45) is 4.74. The van der Waals surface area contributed by atoms with Gasteiger partial charge in [-0.15, -0.1) is 0 Å². The predicted molar refractivity (Wildman–Crippen MR) is 128 cm³/mol. The number of pyridine rings is 1. The number of rotatable bonds is 7. The summed E-state index contributed by atoms with van der Waals surface area (Å²) in [4.78, 5) is 32.3. The van der Waals surface area contributed by atoms with E-state index in [-0.39, 0.29) is 17.7 Å². The van der Waals surface area contributed by atoms with Gasteiger partial charge < -0.3 is 10.2 Å². The van der Waals surface area contributed by atoms with E-state index in [2.05, 4.69) is 52.5 Å². The molecule has 1 fully saturated rings. The number of H-pyrrole nitrogens is 1. The van der Waals surface area contributed by atoms with Crippen molar-refractivity contribution in [2.75, 3.05) is 19.6 Å². The molecule has 4 rings (SSSR count). The Bertz CT molecular complexity index is 1120. The van der Waals surface area contributed by atoms with Gasteiger partial charge in [0.1, 0.15) is 5.69 Å². The van der Waals surface area contributed by atoms with E-state index in [0.29, 0.717) is 38.2 Å². The molecule has 7 nitrogen and oxygen atoms in total. The summed E-state index contributed by atoms with van der Waals surface area (Å²) in [7, 11) is 0. The number of aromatic nitrogens is 3. The van der Waals surface area contributed by atoms with Gasteiger partial charge >= 0.3 is 0 Å². The van der Waals surface area contributed by atoms with E-state index in [4.69, 9.17) is 0 Å². The Kier molecular flexibility index (Phi) is 6.58. The first kappa shape index (κ1) is 22.7. The second-order valence-electron chi connectivity index (χ2n) is 9.09. The molecule has 0 unspecified atom stereocenters. The molecule has 0 bridgehead atoms. The van der Waals surface area contributed by atoms with Crippen LogP contribution in [-0.2, 0) is 11.2 Å². The van der Waals surface area contributed by atoms with Crippen LogP contribution in [0.5, 0.6) is 0 Å². The first-order valence-corrected chi connectivity index (χ1v) is 11.5. The third-order valence-corrected chi connectivity index (χ3v) is 6.38. The molecule has 1 aliphatic heterocycles. The molecule has 172 valence electrons. The van der Waals surface area contributed by atoms with Crippen molar-refractivity contribution in [2.24, 2.45) is 5.41 Å². The molecule has 1 atom stereocenters. The smallest absolute Gasteiger partial charge is 0.274 e. The summed E-state index contributed by atoms with van der Waals surface area (Å²) in [5, 5.41) is 10.2. The van der Waals surface area contributed by atoms with Crippen molar-refractivity contribution in [1.29, 1.82) is 0 Å². The molecule has 0 saturated carbocycles. The van der Waals surface area contributed by atoms with Crippen molar-refractivity contribution in [3.8, 4) is 11.1 Å². The SMILES string of the molecule is CCNC(=O)[C@]1(Cc2cccc(-c3ccncc3)c2)CCN(C(=O)c2cc(C(C)C)[nH]n2)C1. The normalized spacial score (nSPS) is 18.0. The molecule has 3 aromatic rings. The molecule has 0 radical (unpaired) electrons. The van der Waals surface area contributed by atoms with Gasteiger partial charge in [-0.05, 0) is 60.6 Å². The van der Waals surface area contributed by atoms with Crippen LogP contribution in [0, 0.1) is 5.41 Å². The minimum atomic E-state index is -0.667. The van der Waals surface area contributed by atoms with Crippen LogP contribution < -0.4 is 5.32 Å². The lowest BCUT2D eigenvalue weighted by Gasteiger charge is -2.28. The monoisotopic (exact) mass is 445 g/mol. The molecule has 1 aromatic carbocycles. The number of amides is 2. The molecule has 2 aromatic heterocycles. The largest absolute Gasteiger partial charge is 0.356 e. The molecule has 1 aliphatic rings. The fourth-order valence-electron chi connectivity index (χ4n) is 4.50. The van der Waals surface area contributed by atoms with Crippen molar-refractivity contribution in [1.82, 2.24) is 25.4 Å². The highest BCUT2D eigenvalue weighted by Gasteiger charge is 2.46. The van der Waals surface area contributed by atoms with Gasteiger partial charge in [0.2, 0.25) is 5.91 Å². The number of carbonyl (C=O) groups is 2. The molecule has 0 spiro atoms. The van der Waals surface area contributed by atoms with E-state index in [0.717, 1.165) is 22.4 Å². The number of nitrogens with one attached hydrogen (secondary N) is 2. The quantitative estimate of drug-likeness (QED) is 0.579. The van der Waals surface area contributed by atoms with Crippen LogP contribution in [0.15, 0.2) is 54.9 Å². The average molecular weight is 446 g/mol. The first-order valence-electron chi connectivity index (χ1n) is 11.5. The van der Waals surface area contributed by atoms with Gasteiger partial charge in [0, 0.05) is 37.7 Å². The Morgan fingerprint density at radius 3 is 2.64 bits per heavy atom. The number of carbonyl (C=O) groups excluding carboxylic acids is 2. The average Bonchev–Trinajstić information content (AvgIpc) is 3.48. The third-order valence-electron chi connectivity index (χ3n) is 6.38. The molecule has 3 heterocycles. The first-order chi connectivity index (χ1) is 15.9. The second kappa shape index (κ2) is 9.57. The fraction of sp³-hybridized carbons (Fsp3) is 0.385. The minimum absolute atomic E-state index is 0.000452. The summed E-state index contributed by atoms with van der Waals surface area (Å²) >= 11 is 0. The summed E-state index contributed by atoms with van der Waals surface area (Å²) in [5.41, 5.74) is 3.92. The predicted octanol–water partition coefficient (Wildman–Crippen LogP) is 3.81. The van der Waals surface area contributed by atoms with E-state index in [9.17, 15) is 9.59 Å². The maximum atomic E-state index is 13.2. The molecular weight excluding hydrogens is 414 g/mol. The lowest BCUT2D eigenvalue weighted by atomic mass is 9.79. The maximum Gasteiger partial charge on any atom is 0.274 e. The van der Waals surface area contributed by atoms with Crippen LogP contribution in [-0.4, -0.2) is 51.5 Å². The maximum absolute atomic E-state index is 13.2. The number of likely N-dealkylation sites (tertiary alicyclic amines) is 1. The summed E-state index contributed by atoms with van der Waals surface area (Å²) < 4.78 is 0. The van der Waals surface area contributed by atoms with Gasteiger partial charge in [0.15, 0.2) is 0 Å². The molecule has 2 amide bonds.